The van der Waals surface area contributed by atoms with Gasteiger partial charge in [-0.25, -0.2) is 24.1 Å². The molecule has 2 aliphatic heterocycles. The second kappa shape index (κ2) is 14.4. The number of carbonyl (C=O) groups is 2. The summed E-state index contributed by atoms with van der Waals surface area (Å²) in [5, 5.41) is 5.06. The molecule has 0 radical (unpaired) electrons. The molecule has 0 aliphatic carbocycles. The minimum atomic E-state index is -4.60. The number of piperazine rings is 1. The third kappa shape index (κ3) is 7.09. The van der Waals surface area contributed by atoms with E-state index in [1.165, 1.54) is 24.0 Å². The number of benzene rings is 1. The van der Waals surface area contributed by atoms with Gasteiger partial charge in [-0.3, -0.25) is 14.9 Å². The van der Waals surface area contributed by atoms with E-state index in [0.717, 1.165) is 23.8 Å². The summed E-state index contributed by atoms with van der Waals surface area (Å²) in [6.45, 7) is 3.58. The molecule has 264 valence electrons. The predicted octanol–water partition coefficient (Wildman–Crippen LogP) is 4.33. The van der Waals surface area contributed by atoms with E-state index in [1.54, 1.807) is 15.7 Å². The van der Waals surface area contributed by atoms with Crippen LogP contribution in [0.2, 0.25) is 5.02 Å². The Morgan fingerprint density at radius 2 is 1.92 bits per heavy atom. The van der Waals surface area contributed by atoms with Crippen molar-refractivity contribution in [3.05, 3.63) is 75.3 Å². The number of ether oxygens (including phenoxy) is 2. The van der Waals surface area contributed by atoms with Crippen LogP contribution >= 0.6 is 11.6 Å². The van der Waals surface area contributed by atoms with E-state index in [0.29, 0.717) is 62.0 Å². The molecule has 0 spiro atoms. The fourth-order valence-corrected chi connectivity index (χ4v) is 6.18. The van der Waals surface area contributed by atoms with Gasteiger partial charge in [0.05, 0.1) is 54.2 Å². The quantitative estimate of drug-likeness (QED) is 0.272. The fourth-order valence-electron chi connectivity index (χ4n) is 5.95. The summed E-state index contributed by atoms with van der Waals surface area (Å²) in [4.78, 5) is 57.0. The van der Waals surface area contributed by atoms with Crippen LogP contribution in [0.15, 0.2) is 47.8 Å². The summed E-state index contributed by atoms with van der Waals surface area (Å²) in [5.41, 5.74) is 1.05. The number of urea groups is 1. The predicted molar refractivity (Wildman–Crippen MR) is 179 cm³/mol. The van der Waals surface area contributed by atoms with Crippen molar-refractivity contribution in [2.45, 2.75) is 32.5 Å². The lowest BCUT2D eigenvalue weighted by atomic mass is 10.1. The van der Waals surface area contributed by atoms with E-state index in [4.69, 9.17) is 26.1 Å². The Bertz CT molecular complexity index is 2020. The molecule has 0 bridgehead atoms. The monoisotopic (exact) mass is 715 g/mol. The average Bonchev–Trinajstić information content (AvgIpc) is 3.57. The first kappa shape index (κ1) is 34.7. The van der Waals surface area contributed by atoms with Crippen LogP contribution in [0.25, 0.3) is 11.4 Å². The number of amides is 3. The lowest BCUT2D eigenvalue weighted by Crippen LogP contribution is -2.52. The van der Waals surface area contributed by atoms with Gasteiger partial charge in [0.2, 0.25) is 11.7 Å². The largest absolute Gasteiger partial charge is 0.491 e. The maximum atomic E-state index is 14.2. The molecule has 14 nitrogen and oxygen atoms in total. The molecule has 2 aliphatic rings. The summed E-state index contributed by atoms with van der Waals surface area (Å²) < 4.78 is 53.3. The van der Waals surface area contributed by atoms with Crippen molar-refractivity contribution < 1.29 is 32.2 Å². The Labute approximate surface area is 288 Å². The van der Waals surface area contributed by atoms with E-state index in [9.17, 15) is 27.6 Å². The molecule has 1 fully saturated rings. The highest BCUT2D eigenvalue weighted by atomic mass is 35.5. The van der Waals surface area contributed by atoms with Crippen LogP contribution in [0.5, 0.6) is 5.75 Å². The number of anilines is 3. The summed E-state index contributed by atoms with van der Waals surface area (Å²) in [5.74, 6) is 0.169. The summed E-state index contributed by atoms with van der Waals surface area (Å²) in [7, 11) is 1.44. The summed E-state index contributed by atoms with van der Waals surface area (Å²) in [6.07, 6.45) is 2.58. The molecule has 1 saturated heterocycles. The van der Waals surface area contributed by atoms with Crippen LogP contribution in [0.3, 0.4) is 0 Å². The number of fused-ring (bicyclic) bond motifs is 1. The van der Waals surface area contributed by atoms with E-state index in [1.807, 2.05) is 17.9 Å². The Morgan fingerprint density at radius 3 is 2.58 bits per heavy atom. The van der Waals surface area contributed by atoms with E-state index >= 15 is 0 Å². The van der Waals surface area contributed by atoms with Gasteiger partial charge in [-0.05, 0) is 36.6 Å². The highest BCUT2D eigenvalue weighted by Crippen LogP contribution is 2.34. The van der Waals surface area contributed by atoms with Gasteiger partial charge in [-0.1, -0.05) is 24.6 Å². The Hall–Kier alpha value is -5.16. The van der Waals surface area contributed by atoms with Gasteiger partial charge >= 0.3 is 12.2 Å². The molecule has 4 aromatic rings. The number of nitrogens with zero attached hydrogens (tertiary/aromatic N) is 7. The van der Waals surface area contributed by atoms with Crippen molar-refractivity contribution in [1.29, 1.82) is 0 Å². The number of aromatic nitrogens is 5. The lowest BCUT2D eigenvalue weighted by Gasteiger charge is -2.36. The normalized spacial score (nSPS) is 15.2. The number of alkyl halides is 3. The van der Waals surface area contributed by atoms with Gasteiger partial charge in [0.1, 0.15) is 18.6 Å². The molecular formula is C32H33ClF3N9O5. The van der Waals surface area contributed by atoms with Gasteiger partial charge in [-0.2, -0.15) is 13.2 Å². The first-order valence-corrected chi connectivity index (χ1v) is 16.1. The zero-order valence-corrected chi connectivity index (χ0v) is 27.8. The Kier molecular flexibility index (Phi) is 9.97. The van der Waals surface area contributed by atoms with Gasteiger partial charge < -0.3 is 29.2 Å². The molecule has 3 aromatic heterocycles. The number of hydrogen-bond donors (Lipinski definition) is 2. The van der Waals surface area contributed by atoms with Crippen LogP contribution in [0.1, 0.15) is 30.3 Å². The fraction of sp³-hybridized carbons (Fsp3) is 0.375. The van der Waals surface area contributed by atoms with Crippen molar-refractivity contribution >= 4 is 52.1 Å². The number of imidazole rings is 1. The van der Waals surface area contributed by atoms with E-state index < -0.39 is 23.7 Å². The summed E-state index contributed by atoms with van der Waals surface area (Å²) in [6, 6.07) is 2.28. The zero-order chi connectivity index (χ0) is 35.6. The van der Waals surface area contributed by atoms with Gasteiger partial charge in [0.25, 0.3) is 5.56 Å². The van der Waals surface area contributed by atoms with Crippen LogP contribution in [0, 0.1) is 0 Å². The van der Waals surface area contributed by atoms with Crippen molar-refractivity contribution in [1.82, 2.24) is 28.8 Å². The third-order valence-electron chi connectivity index (χ3n) is 8.46. The Morgan fingerprint density at radius 1 is 1.14 bits per heavy atom. The molecule has 5 heterocycles. The molecular weight excluding hydrogens is 683 g/mol. The van der Waals surface area contributed by atoms with Crippen LogP contribution in [-0.4, -0.2) is 87.3 Å². The van der Waals surface area contributed by atoms with Crippen molar-refractivity contribution in [2.24, 2.45) is 0 Å². The molecule has 2 N–H and O–H groups in total. The molecule has 1 aromatic carbocycles. The lowest BCUT2D eigenvalue weighted by molar-refractivity contribution is -0.137. The van der Waals surface area contributed by atoms with Crippen LogP contribution < -0.4 is 25.8 Å². The highest BCUT2D eigenvalue weighted by molar-refractivity contribution is 6.33. The number of nitrogens with one attached hydrogen (secondary N) is 2. The van der Waals surface area contributed by atoms with Gasteiger partial charge in [0, 0.05) is 32.4 Å². The molecule has 3 amide bonds. The SMILES string of the molecule is CCc1c(N2CCN(C(=O)Nc3ncncc3OC)CC2)c(=O)n2cc(C3=CCOCC3)nc2n1CC(=O)Nc1ccc(C(F)(F)F)cc1Cl. The first-order chi connectivity index (χ1) is 24.0. The van der Waals surface area contributed by atoms with Crippen LogP contribution in [-0.2, 0) is 28.7 Å². The topological polar surface area (TPSA) is 148 Å². The van der Waals surface area contributed by atoms with Crippen LogP contribution in [0.4, 0.5) is 35.2 Å². The van der Waals surface area contributed by atoms with Crippen molar-refractivity contribution in [3.63, 3.8) is 0 Å². The number of rotatable bonds is 8. The number of halogens is 4. The molecule has 0 saturated carbocycles. The highest BCUT2D eigenvalue weighted by Gasteiger charge is 2.32. The third-order valence-corrected chi connectivity index (χ3v) is 8.77. The minimum absolute atomic E-state index is 0.00498. The summed E-state index contributed by atoms with van der Waals surface area (Å²) >= 11 is 6.12. The maximum Gasteiger partial charge on any atom is 0.416 e. The zero-order valence-electron chi connectivity index (χ0n) is 27.1. The van der Waals surface area contributed by atoms with Gasteiger partial charge in [0.15, 0.2) is 11.6 Å². The van der Waals surface area contributed by atoms with Crippen molar-refractivity contribution in [2.75, 3.05) is 62.0 Å². The minimum Gasteiger partial charge on any atom is -0.491 e. The molecule has 6 rings (SSSR count). The van der Waals surface area contributed by atoms with Gasteiger partial charge in [-0.15, -0.1) is 0 Å². The molecule has 50 heavy (non-hydrogen) atoms. The Balaban J connectivity index is 1.31. The van der Waals surface area contributed by atoms with E-state index in [-0.39, 0.29) is 47.5 Å². The first-order valence-electron chi connectivity index (χ1n) is 15.7. The molecule has 18 heteroatoms. The second-order valence-corrected chi connectivity index (χ2v) is 11.9. The average molecular weight is 716 g/mol. The molecule has 0 atom stereocenters. The number of methoxy groups -OCH3 is 1. The number of hydrogen-bond acceptors (Lipinski definition) is 9. The smallest absolute Gasteiger partial charge is 0.416 e. The maximum absolute atomic E-state index is 14.2. The molecule has 0 unspecified atom stereocenters. The van der Waals surface area contributed by atoms with E-state index in [2.05, 4.69) is 20.6 Å². The number of carbonyl (C=O) groups excluding carboxylic acids is 2. The second-order valence-electron chi connectivity index (χ2n) is 11.5. The van der Waals surface area contributed by atoms with Crippen molar-refractivity contribution in [3.8, 4) is 5.75 Å². The standard InChI is InChI=1S/C32H33ClF3N9O5/c1-3-24-27(42-8-10-43(11-9-42)31(48)41-28-25(49-2)15-37-18-38-28)29(47)45-16-23(19-6-12-50-13-7-19)40-30(45)44(24)17-26(46)39-22-5-4-20(14-21(22)33)32(34,35)36/h4-6,14-16,18H,3,7-13,17H2,1-2H3,(H,39,46)(H,37,38,41,48).